The van der Waals surface area contributed by atoms with E-state index in [4.69, 9.17) is 4.74 Å². The number of hydrogen-bond donors (Lipinski definition) is 2. The molecule has 1 aromatic carbocycles. The van der Waals surface area contributed by atoms with E-state index in [2.05, 4.69) is 39.3 Å². The molecular formula is C31H33FN6O2. The van der Waals surface area contributed by atoms with Crippen LogP contribution in [0.15, 0.2) is 55.0 Å². The fourth-order valence-electron chi connectivity index (χ4n) is 5.68. The lowest BCUT2D eigenvalue weighted by Crippen LogP contribution is -2.49. The third-order valence-corrected chi connectivity index (χ3v) is 7.81. The standard InChI is InChI=1S/C31H33FN6O2/c1-3-20-17-34-8-6-25(20)26-14-23(13-22-15-27(36-29(22)26)21-5-4-7-33-18-21)31(39)38-11-9-37(10-12-38)30-28(40-2)16-24(32)19-35-30/h5-6,8,13-17,19,33,36H,3-4,7,9-12,18H2,1-2H3. The van der Waals surface area contributed by atoms with Gasteiger partial charge in [-0.3, -0.25) is 9.78 Å². The highest BCUT2D eigenvalue weighted by Gasteiger charge is 2.26. The van der Waals surface area contributed by atoms with Gasteiger partial charge in [0.05, 0.1) is 18.8 Å². The summed E-state index contributed by atoms with van der Waals surface area (Å²) >= 11 is 0. The largest absolute Gasteiger partial charge is 0.493 e. The Bertz CT molecular complexity index is 1590. The molecule has 0 radical (unpaired) electrons. The molecule has 1 fully saturated rings. The first-order chi connectivity index (χ1) is 19.6. The van der Waals surface area contributed by atoms with Gasteiger partial charge >= 0.3 is 0 Å². The van der Waals surface area contributed by atoms with Gasteiger partial charge < -0.3 is 24.8 Å². The highest BCUT2D eigenvalue weighted by Crippen LogP contribution is 2.35. The van der Waals surface area contributed by atoms with E-state index in [0.717, 1.165) is 59.2 Å². The van der Waals surface area contributed by atoms with Gasteiger partial charge in [0.2, 0.25) is 0 Å². The number of aromatic amines is 1. The van der Waals surface area contributed by atoms with Crippen LogP contribution in [-0.2, 0) is 6.42 Å². The van der Waals surface area contributed by atoms with E-state index in [0.29, 0.717) is 43.3 Å². The summed E-state index contributed by atoms with van der Waals surface area (Å²) in [5.74, 6) is 0.543. The summed E-state index contributed by atoms with van der Waals surface area (Å²) in [6, 6.07) is 9.55. The third kappa shape index (κ3) is 4.93. The van der Waals surface area contributed by atoms with Crippen molar-refractivity contribution in [2.24, 2.45) is 0 Å². The van der Waals surface area contributed by atoms with Crippen molar-refractivity contribution in [3.8, 4) is 16.9 Å². The first-order valence-corrected chi connectivity index (χ1v) is 13.8. The molecule has 206 valence electrons. The van der Waals surface area contributed by atoms with Crippen LogP contribution in [0.25, 0.3) is 27.6 Å². The zero-order valence-corrected chi connectivity index (χ0v) is 22.8. The van der Waals surface area contributed by atoms with E-state index in [1.54, 1.807) is 0 Å². The number of aryl methyl sites for hydroxylation is 1. The molecule has 9 heteroatoms. The number of nitrogens with one attached hydrogen (secondary N) is 2. The molecule has 8 nitrogen and oxygen atoms in total. The molecule has 0 unspecified atom stereocenters. The molecule has 3 aromatic heterocycles. The Balaban J connectivity index is 1.33. The Morgan fingerprint density at radius 2 is 1.95 bits per heavy atom. The Labute approximate surface area is 232 Å². The second kappa shape index (κ2) is 11.1. The van der Waals surface area contributed by atoms with Crippen LogP contribution in [0.4, 0.5) is 10.2 Å². The average Bonchev–Trinajstić information content (AvgIpc) is 3.45. The molecule has 1 amide bonds. The number of piperazine rings is 1. The highest BCUT2D eigenvalue weighted by molar-refractivity contribution is 6.05. The average molecular weight is 541 g/mol. The van der Waals surface area contributed by atoms with Crippen LogP contribution in [0.5, 0.6) is 5.75 Å². The van der Waals surface area contributed by atoms with Gasteiger partial charge in [-0.25, -0.2) is 9.37 Å². The van der Waals surface area contributed by atoms with Crippen molar-refractivity contribution >= 4 is 28.2 Å². The molecule has 2 aliphatic rings. The smallest absolute Gasteiger partial charge is 0.254 e. The number of hydrogen-bond acceptors (Lipinski definition) is 6. The lowest BCUT2D eigenvalue weighted by Gasteiger charge is -2.36. The summed E-state index contributed by atoms with van der Waals surface area (Å²) in [6.45, 7) is 6.14. The lowest BCUT2D eigenvalue weighted by molar-refractivity contribution is 0.0746. The predicted octanol–water partition coefficient (Wildman–Crippen LogP) is 4.67. The summed E-state index contributed by atoms with van der Waals surface area (Å²) < 4.78 is 19.0. The summed E-state index contributed by atoms with van der Waals surface area (Å²) in [6.07, 6.45) is 9.03. The van der Waals surface area contributed by atoms with Crippen molar-refractivity contribution in [3.05, 3.63) is 77.6 Å². The van der Waals surface area contributed by atoms with Crippen LogP contribution in [0.2, 0.25) is 0 Å². The Morgan fingerprint density at radius 3 is 2.70 bits per heavy atom. The number of amides is 1. The molecule has 4 aromatic rings. The molecule has 2 N–H and O–H groups in total. The molecule has 1 saturated heterocycles. The van der Waals surface area contributed by atoms with Crippen LogP contribution in [-0.4, -0.2) is 72.1 Å². The molecule has 2 aliphatic heterocycles. The second-order valence-electron chi connectivity index (χ2n) is 10.2. The number of fused-ring (bicyclic) bond motifs is 1. The molecule has 40 heavy (non-hydrogen) atoms. The van der Waals surface area contributed by atoms with Crippen molar-refractivity contribution in [1.29, 1.82) is 0 Å². The maximum Gasteiger partial charge on any atom is 0.254 e. The number of carbonyl (C=O) groups is 1. The van der Waals surface area contributed by atoms with E-state index < -0.39 is 5.82 Å². The van der Waals surface area contributed by atoms with Gasteiger partial charge in [-0.15, -0.1) is 0 Å². The minimum atomic E-state index is -0.440. The van der Waals surface area contributed by atoms with E-state index >= 15 is 0 Å². The summed E-state index contributed by atoms with van der Waals surface area (Å²) in [4.78, 5) is 30.0. The number of halogens is 1. The number of H-pyrrole nitrogens is 1. The number of ether oxygens (including phenoxy) is 1. The van der Waals surface area contributed by atoms with Gasteiger partial charge in [0.1, 0.15) is 5.82 Å². The molecule has 0 spiro atoms. The number of nitrogens with zero attached hydrogens (tertiary/aromatic N) is 4. The molecule has 0 atom stereocenters. The number of aromatic nitrogens is 3. The number of benzene rings is 1. The molecule has 0 saturated carbocycles. The fourth-order valence-corrected chi connectivity index (χ4v) is 5.68. The molecule has 6 rings (SSSR count). The van der Waals surface area contributed by atoms with Crippen LogP contribution >= 0.6 is 0 Å². The van der Waals surface area contributed by atoms with Gasteiger partial charge in [0.25, 0.3) is 5.91 Å². The predicted molar refractivity (Wildman–Crippen MR) is 155 cm³/mol. The SMILES string of the molecule is CCc1cnccc1-c1cc(C(=O)N2CCN(c3ncc(F)cc3OC)CC2)cc2cc(C3=CCCNC3)[nH]c12. The summed E-state index contributed by atoms with van der Waals surface area (Å²) in [5.41, 5.74) is 7.24. The van der Waals surface area contributed by atoms with Crippen molar-refractivity contribution in [2.75, 3.05) is 51.3 Å². The summed E-state index contributed by atoms with van der Waals surface area (Å²) in [7, 11) is 1.51. The molecule has 0 bridgehead atoms. The van der Waals surface area contributed by atoms with E-state index in [-0.39, 0.29) is 5.91 Å². The number of anilines is 1. The van der Waals surface area contributed by atoms with Crippen LogP contribution < -0.4 is 15.0 Å². The van der Waals surface area contributed by atoms with Crippen LogP contribution in [0.3, 0.4) is 0 Å². The van der Waals surface area contributed by atoms with Gasteiger partial charge in [-0.05, 0) is 60.4 Å². The fraction of sp³-hybridized carbons (Fsp3) is 0.323. The lowest BCUT2D eigenvalue weighted by atomic mass is 9.95. The minimum absolute atomic E-state index is 0.00441. The Kier molecular flexibility index (Phi) is 7.21. The van der Waals surface area contributed by atoms with Gasteiger partial charge in [0, 0.05) is 73.4 Å². The van der Waals surface area contributed by atoms with Gasteiger partial charge in [-0.1, -0.05) is 13.0 Å². The second-order valence-corrected chi connectivity index (χ2v) is 10.2. The van der Waals surface area contributed by atoms with Crippen LogP contribution in [0.1, 0.15) is 35.0 Å². The summed E-state index contributed by atoms with van der Waals surface area (Å²) in [5, 5.41) is 4.46. The third-order valence-electron chi connectivity index (χ3n) is 7.81. The van der Waals surface area contributed by atoms with Crippen molar-refractivity contribution < 1.29 is 13.9 Å². The first kappa shape index (κ1) is 26.0. The zero-order valence-electron chi connectivity index (χ0n) is 22.8. The molecule has 5 heterocycles. The topological polar surface area (TPSA) is 86.4 Å². The Morgan fingerprint density at radius 1 is 1.10 bits per heavy atom. The number of methoxy groups -OCH3 is 1. The van der Waals surface area contributed by atoms with E-state index in [1.165, 1.54) is 24.9 Å². The van der Waals surface area contributed by atoms with Gasteiger partial charge in [0.15, 0.2) is 11.6 Å². The minimum Gasteiger partial charge on any atom is -0.493 e. The normalized spacial score (nSPS) is 15.8. The number of rotatable bonds is 6. The Hall–Kier alpha value is -4.24. The molecule has 0 aliphatic carbocycles. The van der Waals surface area contributed by atoms with Gasteiger partial charge in [-0.2, -0.15) is 0 Å². The van der Waals surface area contributed by atoms with E-state index in [9.17, 15) is 9.18 Å². The number of carbonyl (C=O) groups excluding carboxylic acids is 1. The quantitative estimate of drug-likeness (QED) is 0.370. The molecular weight excluding hydrogens is 507 g/mol. The van der Waals surface area contributed by atoms with Crippen molar-refractivity contribution in [2.45, 2.75) is 19.8 Å². The zero-order chi connectivity index (χ0) is 27.6. The van der Waals surface area contributed by atoms with Crippen molar-refractivity contribution in [1.82, 2.24) is 25.2 Å². The van der Waals surface area contributed by atoms with Crippen LogP contribution in [0, 0.1) is 5.82 Å². The monoisotopic (exact) mass is 540 g/mol. The van der Waals surface area contributed by atoms with E-state index in [1.807, 2.05) is 40.4 Å². The first-order valence-electron chi connectivity index (χ1n) is 13.8. The highest BCUT2D eigenvalue weighted by atomic mass is 19.1. The number of pyridine rings is 2. The van der Waals surface area contributed by atoms with Crippen molar-refractivity contribution in [3.63, 3.8) is 0 Å². The maximum atomic E-state index is 13.9. The maximum absolute atomic E-state index is 13.9.